The van der Waals surface area contributed by atoms with Gasteiger partial charge in [0.25, 0.3) is 5.56 Å². The molecule has 0 aliphatic heterocycles. The Bertz CT molecular complexity index is 1080. The molecule has 5 heteroatoms. The average Bonchev–Trinajstić information content (AvgIpc) is 3.17. The summed E-state index contributed by atoms with van der Waals surface area (Å²) >= 11 is 0. The van der Waals surface area contributed by atoms with E-state index in [1.165, 1.54) is 0 Å². The van der Waals surface area contributed by atoms with Gasteiger partial charge in [-0.05, 0) is 37.0 Å². The van der Waals surface area contributed by atoms with Crippen LogP contribution < -0.4 is 10.9 Å². The molecule has 0 unspecified atom stereocenters. The second kappa shape index (κ2) is 7.19. The Balaban J connectivity index is 1.45. The lowest BCUT2D eigenvalue weighted by Gasteiger charge is -2.09. The molecule has 1 aliphatic carbocycles. The molecule has 5 nitrogen and oxygen atoms in total. The number of Topliss-reactive ketones (excluding diaryl/α,β-unsaturated/α-hetero) is 1. The van der Waals surface area contributed by atoms with Gasteiger partial charge < -0.3 is 10.3 Å². The van der Waals surface area contributed by atoms with Crippen molar-refractivity contribution in [3.63, 3.8) is 0 Å². The number of fused-ring (bicyclic) bond motifs is 3. The van der Waals surface area contributed by atoms with E-state index in [0.29, 0.717) is 11.3 Å². The summed E-state index contributed by atoms with van der Waals surface area (Å²) < 4.78 is 0. The first-order valence-corrected chi connectivity index (χ1v) is 9.18. The van der Waals surface area contributed by atoms with Gasteiger partial charge in [-0.15, -0.1) is 0 Å². The van der Waals surface area contributed by atoms with Crippen molar-refractivity contribution in [2.75, 3.05) is 5.32 Å². The van der Waals surface area contributed by atoms with Crippen molar-refractivity contribution < 1.29 is 9.59 Å². The lowest BCUT2D eigenvalue weighted by molar-refractivity contribution is -0.116. The predicted molar refractivity (Wildman–Crippen MR) is 105 cm³/mol. The highest BCUT2D eigenvalue weighted by Crippen LogP contribution is 2.27. The number of ketones is 1. The molecule has 1 aromatic heterocycles. The summed E-state index contributed by atoms with van der Waals surface area (Å²) in [6.07, 6.45) is 3.03. The van der Waals surface area contributed by atoms with Gasteiger partial charge in [0.15, 0.2) is 5.78 Å². The summed E-state index contributed by atoms with van der Waals surface area (Å²) in [6, 6.07) is 14.5. The zero-order chi connectivity index (χ0) is 18.8. The maximum atomic E-state index is 12.2. The summed E-state index contributed by atoms with van der Waals surface area (Å²) in [5, 5.41) is 3.86. The molecule has 0 saturated carbocycles. The zero-order valence-corrected chi connectivity index (χ0v) is 14.9. The molecule has 0 saturated heterocycles. The molecule has 4 rings (SSSR count). The van der Waals surface area contributed by atoms with E-state index >= 15 is 0 Å². The van der Waals surface area contributed by atoms with Crippen LogP contribution in [0.15, 0.2) is 53.3 Å². The number of H-pyrrole nitrogens is 1. The molecule has 1 heterocycles. The number of aryl methyl sites for hydroxylation is 1. The fourth-order valence-electron chi connectivity index (χ4n) is 3.70. The maximum Gasteiger partial charge on any atom is 0.251 e. The molecule has 0 bridgehead atoms. The number of nitrogens with one attached hydrogen (secondary N) is 2. The molecule has 136 valence electrons. The monoisotopic (exact) mass is 360 g/mol. The van der Waals surface area contributed by atoms with Crippen LogP contribution in [0.4, 0.5) is 5.69 Å². The van der Waals surface area contributed by atoms with Gasteiger partial charge in [-0.3, -0.25) is 14.4 Å². The van der Waals surface area contributed by atoms with Crippen LogP contribution in [0.5, 0.6) is 0 Å². The molecular formula is C22H20N2O3. The second-order valence-corrected chi connectivity index (χ2v) is 6.86. The Morgan fingerprint density at radius 2 is 1.74 bits per heavy atom. The number of hydrogen-bond acceptors (Lipinski definition) is 3. The van der Waals surface area contributed by atoms with Gasteiger partial charge in [-0.25, -0.2) is 0 Å². The SMILES string of the molecule is O=C(CCC(=O)c1ccccc1)Nc1ccc2c3c(c(=O)[nH]c2c1)CCC3. The number of aromatic amines is 1. The van der Waals surface area contributed by atoms with E-state index in [2.05, 4.69) is 10.3 Å². The number of carbonyl (C=O) groups excluding carboxylic acids is 2. The molecule has 1 aliphatic rings. The molecule has 2 N–H and O–H groups in total. The van der Waals surface area contributed by atoms with E-state index in [1.54, 1.807) is 30.3 Å². The maximum absolute atomic E-state index is 12.2. The third-order valence-corrected chi connectivity index (χ3v) is 5.04. The number of amides is 1. The Kier molecular flexibility index (Phi) is 4.59. The van der Waals surface area contributed by atoms with Gasteiger partial charge in [-0.1, -0.05) is 36.4 Å². The predicted octanol–water partition coefficient (Wildman–Crippen LogP) is 3.62. The fourth-order valence-corrected chi connectivity index (χ4v) is 3.70. The van der Waals surface area contributed by atoms with Crippen LogP contribution in [-0.2, 0) is 17.6 Å². The highest BCUT2D eigenvalue weighted by atomic mass is 16.2. The minimum Gasteiger partial charge on any atom is -0.326 e. The van der Waals surface area contributed by atoms with Crippen LogP contribution >= 0.6 is 0 Å². The quantitative estimate of drug-likeness (QED) is 0.682. The number of benzene rings is 2. The van der Waals surface area contributed by atoms with E-state index in [4.69, 9.17) is 0 Å². The van der Waals surface area contributed by atoms with Crippen molar-refractivity contribution in [3.05, 3.63) is 75.6 Å². The molecule has 0 radical (unpaired) electrons. The second-order valence-electron chi connectivity index (χ2n) is 6.86. The molecule has 0 spiro atoms. The first kappa shape index (κ1) is 17.2. The Hall–Kier alpha value is -3.21. The van der Waals surface area contributed by atoms with E-state index in [9.17, 15) is 14.4 Å². The molecule has 27 heavy (non-hydrogen) atoms. The summed E-state index contributed by atoms with van der Waals surface area (Å²) in [5.74, 6) is -0.272. The molecule has 1 amide bonds. The van der Waals surface area contributed by atoms with E-state index in [1.807, 2.05) is 18.2 Å². The highest BCUT2D eigenvalue weighted by Gasteiger charge is 2.18. The van der Waals surface area contributed by atoms with Gasteiger partial charge in [0, 0.05) is 35.0 Å². The summed E-state index contributed by atoms with van der Waals surface area (Å²) in [4.78, 5) is 39.4. The van der Waals surface area contributed by atoms with Gasteiger partial charge in [0.2, 0.25) is 5.91 Å². The van der Waals surface area contributed by atoms with Crippen LogP contribution in [0.3, 0.4) is 0 Å². The van der Waals surface area contributed by atoms with Gasteiger partial charge in [-0.2, -0.15) is 0 Å². The number of carbonyl (C=O) groups is 2. The van der Waals surface area contributed by atoms with Crippen molar-refractivity contribution >= 4 is 28.3 Å². The normalized spacial score (nSPS) is 12.7. The number of anilines is 1. The number of hydrogen-bond donors (Lipinski definition) is 2. The third-order valence-electron chi connectivity index (χ3n) is 5.04. The third kappa shape index (κ3) is 3.53. The van der Waals surface area contributed by atoms with Gasteiger partial charge in [0.1, 0.15) is 0 Å². The van der Waals surface area contributed by atoms with E-state index < -0.39 is 0 Å². The van der Waals surface area contributed by atoms with Crippen molar-refractivity contribution in [1.82, 2.24) is 4.98 Å². The van der Waals surface area contributed by atoms with Crippen molar-refractivity contribution in [2.24, 2.45) is 0 Å². The van der Waals surface area contributed by atoms with Crippen LogP contribution in [0.25, 0.3) is 10.9 Å². The lowest BCUT2D eigenvalue weighted by atomic mass is 10.0. The minimum absolute atomic E-state index is 0.0352. The van der Waals surface area contributed by atoms with Crippen LogP contribution in [-0.4, -0.2) is 16.7 Å². The lowest BCUT2D eigenvalue weighted by Crippen LogP contribution is -2.15. The van der Waals surface area contributed by atoms with Crippen molar-refractivity contribution in [3.8, 4) is 0 Å². The van der Waals surface area contributed by atoms with Crippen LogP contribution in [0, 0.1) is 0 Å². The topological polar surface area (TPSA) is 79.0 Å². The van der Waals surface area contributed by atoms with E-state index in [-0.39, 0.29) is 30.1 Å². The molecular weight excluding hydrogens is 340 g/mol. The fraction of sp³-hybridized carbons (Fsp3) is 0.227. The Morgan fingerprint density at radius 3 is 2.56 bits per heavy atom. The highest BCUT2D eigenvalue weighted by molar-refractivity contribution is 6.00. The smallest absolute Gasteiger partial charge is 0.251 e. The van der Waals surface area contributed by atoms with E-state index in [0.717, 1.165) is 41.3 Å². The Morgan fingerprint density at radius 1 is 0.963 bits per heavy atom. The summed E-state index contributed by atoms with van der Waals surface area (Å²) in [7, 11) is 0. The molecule has 0 atom stereocenters. The van der Waals surface area contributed by atoms with Crippen molar-refractivity contribution in [2.45, 2.75) is 32.1 Å². The summed E-state index contributed by atoms with van der Waals surface area (Å²) in [5.41, 5.74) is 3.94. The number of aromatic nitrogens is 1. The zero-order valence-electron chi connectivity index (χ0n) is 14.9. The summed E-state index contributed by atoms with van der Waals surface area (Å²) in [6.45, 7) is 0. The van der Waals surface area contributed by atoms with Gasteiger partial charge >= 0.3 is 0 Å². The first-order chi connectivity index (χ1) is 13.1. The minimum atomic E-state index is -0.220. The largest absolute Gasteiger partial charge is 0.326 e. The van der Waals surface area contributed by atoms with Crippen LogP contribution in [0.1, 0.15) is 40.7 Å². The van der Waals surface area contributed by atoms with Crippen LogP contribution in [0.2, 0.25) is 0 Å². The first-order valence-electron chi connectivity index (χ1n) is 9.18. The molecule has 0 fully saturated rings. The number of pyridine rings is 1. The molecule has 3 aromatic rings. The standard InChI is InChI=1S/C22H20N2O3/c25-20(14-5-2-1-3-6-14)11-12-21(26)23-15-9-10-17-16-7-4-8-18(16)22(27)24-19(17)13-15/h1-3,5-6,9-10,13H,4,7-8,11-12H2,(H,23,26)(H,24,27). The Labute approximate surface area is 156 Å². The molecule has 2 aromatic carbocycles. The van der Waals surface area contributed by atoms with Crippen molar-refractivity contribution in [1.29, 1.82) is 0 Å². The average molecular weight is 360 g/mol. The van der Waals surface area contributed by atoms with Gasteiger partial charge in [0.05, 0.1) is 5.52 Å². The number of rotatable bonds is 5.